The molecule has 0 aliphatic carbocycles. The number of nitrogens with two attached hydrogens (primary N) is 1. The first-order chi connectivity index (χ1) is 6.98. The van der Waals surface area contributed by atoms with Crippen molar-refractivity contribution in [3.05, 3.63) is 0 Å². The van der Waals surface area contributed by atoms with Gasteiger partial charge in [-0.15, -0.1) is 0 Å². The number of nitrogens with one attached hydrogen (secondary N) is 1. The van der Waals surface area contributed by atoms with Gasteiger partial charge in [-0.3, -0.25) is 0 Å². The van der Waals surface area contributed by atoms with Crippen molar-refractivity contribution in [3.8, 4) is 0 Å². The SMILES string of the molecule is CCCNCC(C)(N)CCCCB(O)O. The average molecular weight is 216 g/mol. The van der Waals surface area contributed by atoms with Crippen LogP contribution in [0.1, 0.15) is 39.5 Å². The van der Waals surface area contributed by atoms with E-state index in [1.807, 2.05) is 6.92 Å². The molecule has 0 aliphatic heterocycles. The van der Waals surface area contributed by atoms with Gasteiger partial charge in [0, 0.05) is 12.1 Å². The second-order valence-electron chi connectivity index (χ2n) is 4.56. The molecule has 0 aromatic heterocycles. The number of rotatable bonds is 9. The number of hydrogen-bond donors (Lipinski definition) is 4. The highest BCUT2D eigenvalue weighted by Gasteiger charge is 2.17. The van der Waals surface area contributed by atoms with Gasteiger partial charge in [0.2, 0.25) is 0 Å². The van der Waals surface area contributed by atoms with Crippen LogP contribution in [0.4, 0.5) is 0 Å². The van der Waals surface area contributed by atoms with Gasteiger partial charge in [0.05, 0.1) is 0 Å². The lowest BCUT2D eigenvalue weighted by Crippen LogP contribution is -2.46. The summed E-state index contributed by atoms with van der Waals surface area (Å²) in [6.45, 7) is 5.99. The van der Waals surface area contributed by atoms with E-state index in [4.69, 9.17) is 15.8 Å². The first kappa shape index (κ1) is 14.9. The Labute approximate surface area is 93.4 Å². The zero-order valence-corrected chi connectivity index (χ0v) is 10.00. The Bertz CT molecular complexity index is 154. The normalized spacial score (nSPS) is 15.0. The van der Waals surface area contributed by atoms with Crippen molar-refractivity contribution in [1.82, 2.24) is 5.32 Å². The van der Waals surface area contributed by atoms with Crippen LogP contribution in [0.25, 0.3) is 0 Å². The summed E-state index contributed by atoms with van der Waals surface area (Å²) < 4.78 is 0. The van der Waals surface area contributed by atoms with Gasteiger partial charge in [-0.1, -0.05) is 19.8 Å². The van der Waals surface area contributed by atoms with Crippen molar-refractivity contribution in [2.24, 2.45) is 5.73 Å². The minimum atomic E-state index is -1.17. The molecule has 5 heteroatoms. The van der Waals surface area contributed by atoms with Crippen LogP contribution in [-0.4, -0.2) is 35.8 Å². The van der Waals surface area contributed by atoms with Gasteiger partial charge in [-0.25, -0.2) is 0 Å². The van der Waals surface area contributed by atoms with Gasteiger partial charge in [-0.2, -0.15) is 0 Å². The summed E-state index contributed by atoms with van der Waals surface area (Å²) in [5, 5.41) is 20.6. The van der Waals surface area contributed by atoms with Crippen LogP contribution >= 0.6 is 0 Å². The molecule has 0 saturated carbocycles. The third-order valence-corrected chi connectivity index (χ3v) is 2.42. The van der Waals surface area contributed by atoms with Crippen molar-refractivity contribution in [2.75, 3.05) is 13.1 Å². The van der Waals surface area contributed by atoms with E-state index < -0.39 is 7.12 Å². The Morgan fingerprint density at radius 3 is 2.53 bits per heavy atom. The van der Waals surface area contributed by atoms with Crippen LogP contribution in [0.5, 0.6) is 0 Å². The van der Waals surface area contributed by atoms with Crippen LogP contribution in [-0.2, 0) is 0 Å². The van der Waals surface area contributed by atoms with Crippen LogP contribution in [0.3, 0.4) is 0 Å². The van der Waals surface area contributed by atoms with Gasteiger partial charge in [0.25, 0.3) is 0 Å². The maximum Gasteiger partial charge on any atom is 0.451 e. The van der Waals surface area contributed by atoms with E-state index >= 15 is 0 Å². The van der Waals surface area contributed by atoms with Crippen molar-refractivity contribution in [3.63, 3.8) is 0 Å². The molecular weight excluding hydrogens is 191 g/mol. The van der Waals surface area contributed by atoms with E-state index in [0.717, 1.165) is 38.8 Å². The number of unbranched alkanes of at least 4 members (excludes halogenated alkanes) is 1. The second-order valence-corrected chi connectivity index (χ2v) is 4.56. The molecule has 0 radical (unpaired) electrons. The summed E-state index contributed by atoms with van der Waals surface area (Å²) in [5.74, 6) is 0. The first-order valence-electron chi connectivity index (χ1n) is 5.83. The highest BCUT2D eigenvalue weighted by Crippen LogP contribution is 2.11. The van der Waals surface area contributed by atoms with Crippen molar-refractivity contribution >= 4 is 7.12 Å². The molecule has 0 fully saturated rings. The Hall–Kier alpha value is -0.0951. The van der Waals surface area contributed by atoms with E-state index in [-0.39, 0.29) is 5.54 Å². The fourth-order valence-electron chi connectivity index (χ4n) is 1.49. The lowest BCUT2D eigenvalue weighted by atomic mass is 9.82. The summed E-state index contributed by atoms with van der Waals surface area (Å²) >= 11 is 0. The van der Waals surface area contributed by atoms with Gasteiger partial charge in [0.15, 0.2) is 0 Å². The standard InChI is InChI=1S/C10H25BN2O2/c1-3-8-13-9-10(2,12)6-4-5-7-11(14)15/h13-15H,3-9,12H2,1-2H3. The minimum absolute atomic E-state index is 0.185. The van der Waals surface area contributed by atoms with Gasteiger partial charge >= 0.3 is 7.12 Å². The molecule has 0 heterocycles. The Morgan fingerprint density at radius 1 is 1.33 bits per heavy atom. The highest BCUT2D eigenvalue weighted by atomic mass is 16.4. The largest absolute Gasteiger partial charge is 0.451 e. The second kappa shape index (κ2) is 8.10. The van der Waals surface area contributed by atoms with E-state index in [9.17, 15) is 0 Å². The molecule has 0 amide bonds. The van der Waals surface area contributed by atoms with Crippen molar-refractivity contribution in [1.29, 1.82) is 0 Å². The molecular formula is C10H25BN2O2. The van der Waals surface area contributed by atoms with Crippen LogP contribution in [0, 0.1) is 0 Å². The minimum Gasteiger partial charge on any atom is -0.427 e. The zero-order chi connectivity index (χ0) is 11.7. The number of hydrogen-bond acceptors (Lipinski definition) is 4. The molecule has 0 aliphatic rings. The van der Waals surface area contributed by atoms with Crippen LogP contribution in [0.15, 0.2) is 0 Å². The smallest absolute Gasteiger partial charge is 0.427 e. The third kappa shape index (κ3) is 10.2. The molecule has 0 rings (SSSR count). The van der Waals surface area contributed by atoms with Gasteiger partial charge in [0.1, 0.15) is 0 Å². The Morgan fingerprint density at radius 2 is 2.00 bits per heavy atom. The summed E-state index contributed by atoms with van der Waals surface area (Å²) in [6, 6.07) is 0. The molecule has 0 aromatic carbocycles. The van der Waals surface area contributed by atoms with E-state index in [1.165, 1.54) is 0 Å². The van der Waals surface area contributed by atoms with E-state index in [0.29, 0.717) is 6.32 Å². The van der Waals surface area contributed by atoms with Crippen LogP contribution < -0.4 is 11.1 Å². The molecule has 90 valence electrons. The fraction of sp³-hybridized carbons (Fsp3) is 1.00. The predicted octanol–water partition coefficient (Wildman–Crippen LogP) is 0.346. The molecule has 0 saturated heterocycles. The monoisotopic (exact) mass is 216 g/mol. The summed E-state index contributed by atoms with van der Waals surface area (Å²) in [7, 11) is -1.17. The lowest BCUT2D eigenvalue weighted by Gasteiger charge is -2.25. The summed E-state index contributed by atoms with van der Waals surface area (Å²) in [5.41, 5.74) is 5.90. The first-order valence-corrected chi connectivity index (χ1v) is 5.83. The van der Waals surface area contributed by atoms with Crippen molar-refractivity contribution in [2.45, 2.75) is 51.4 Å². The van der Waals surface area contributed by atoms with E-state index in [1.54, 1.807) is 0 Å². The van der Waals surface area contributed by atoms with Gasteiger partial charge < -0.3 is 21.1 Å². The molecule has 0 aromatic rings. The molecule has 0 bridgehead atoms. The van der Waals surface area contributed by atoms with E-state index in [2.05, 4.69) is 12.2 Å². The molecule has 15 heavy (non-hydrogen) atoms. The molecule has 0 spiro atoms. The summed E-state index contributed by atoms with van der Waals surface area (Å²) in [6.07, 6.45) is 4.23. The lowest BCUT2D eigenvalue weighted by molar-refractivity contribution is 0.377. The topological polar surface area (TPSA) is 78.5 Å². The van der Waals surface area contributed by atoms with Crippen LogP contribution in [0.2, 0.25) is 6.32 Å². The van der Waals surface area contributed by atoms with Crippen molar-refractivity contribution < 1.29 is 10.0 Å². The quantitative estimate of drug-likeness (QED) is 0.331. The highest BCUT2D eigenvalue weighted by molar-refractivity contribution is 6.40. The Balaban J connectivity index is 3.46. The van der Waals surface area contributed by atoms with Gasteiger partial charge in [-0.05, 0) is 32.6 Å². The maximum atomic E-state index is 8.67. The predicted molar refractivity (Wildman–Crippen MR) is 64.6 cm³/mol. The Kier molecular flexibility index (Phi) is 8.05. The third-order valence-electron chi connectivity index (χ3n) is 2.42. The molecule has 1 atom stereocenters. The average Bonchev–Trinajstić information content (AvgIpc) is 2.13. The fourth-order valence-corrected chi connectivity index (χ4v) is 1.49. The molecule has 1 unspecified atom stereocenters. The maximum absolute atomic E-state index is 8.67. The zero-order valence-electron chi connectivity index (χ0n) is 10.00. The summed E-state index contributed by atoms with van der Waals surface area (Å²) in [4.78, 5) is 0. The molecule has 4 nitrogen and oxygen atoms in total. The molecule has 5 N–H and O–H groups in total.